The number of carbonyl (C=O) groups is 1. The van der Waals surface area contributed by atoms with Crippen LogP contribution in [0.5, 0.6) is 0 Å². The van der Waals surface area contributed by atoms with Crippen molar-refractivity contribution in [2.24, 2.45) is 5.41 Å². The molecule has 3 saturated heterocycles. The summed E-state index contributed by atoms with van der Waals surface area (Å²) in [5.74, 6) is 0. The number of amides is 1. The molecule has 3 aliphatic rings. The van der Waals surface area contributed by atoms with Crippen LogP contribution in [0.4, 0.5) is 4.79 Å². The summed E-state index contributed by atoms with van der Waals surface area (Å²) in [5, 5.41) is 2.95. The van der Waals surface area contributed by atoms with E-state index >= 15 is 0 Å². The Morgan fingerprint density at radius 1 is 1.24 bits per heavy atom. The molecule has 4 nitrogen and oxygen atoms in total. The number of carbonyl (C=O) groups excluding carboxylic acids is 1. The third kappa shape index (κ3) is 3.35. The Kier molecular flexibility index (Phi) is 3.34. The summed E-state index contributed by atoms with van der Waals surface area (Å²) in [4.78, 5) is 14.1. The highest BCUT2D eigenvalue weighted by atomic mass is 16.6. The number of ether oxygens (including phenoxy) is 1. The summed E-state index contributed by atoms with van der Waals surface area (Å²) in [6.45, 7) is 10.0. The maximum atomic E-state index is 11.6. The van der Waals surface area contributed by atoms with E-state index in [-0.39, 0.29) is 6.09 Å². The van der Waals surface area contributed by atoms with Crippen LogP contribution in [0.2, 0.25) is 0 Å². The van der Waals surface area contributed by atoms with Gasteiger partial charge >= 0.3 is 6.09 Å². The van der Waals surface area contributed by atoms with Gasteiger partial charge in [0.05, 0.1) is 0 Å². The van der Waals surface area contributed by atoms with E-state index in [1.54, 1.807) is 0 Å². The summed E-state index contributed by atoms with van der Waals surface area (Å²) in [5.41, 5.74) is -0.0661. The van der Waals surface area contributed by atoms with Crippen molar-refractivity contribution in [3.63, 3.8) is 0 Å². The first-order chi connectivity index (χ1) is 7.89. The maximum absolute atomic E-state index is 11.6. The van der Waals surface area contributed by atoms with Crippen molar-refractivity contribution >= 4 is 6.09 Å². The van der Waals surface area contributed by atoms with Gasteiger partial charge in [0.2, 0.25) is 0 Å². The van der Waals surface area contributed by atoms with Gasteiger partial charge in [-0.25, -0.2) is 4.79 Å². The van der Waals surface area contributed by atoms with Crippen molar-refractivity contribution < 1.29 is 9.53 Å². The second-order valence-electron chi connectivity index (χ2n) is 6.45. The number of nitrogens with one attached hydrogen (secondary N) is 1. The molecule has 0 unspecified atom stereocenters. The van der Waals surface area contributed by atoms with Crippen molar-refractivity contribution in [3.05, 3.63) is 0 Å². The molecule has 0 aliphatic carbocycles. The second kappa shape index (κ2) is 4.48. The molecule has 0 radical (unpaired) electrons. The first-order valence-corrected chi connectivity index (χ1v) is 6.58. The fourth-order valence-corrected chi connectivity index (χ4v) is 2.74. The first kappa shape index (κ1) is 12.7. The Bertz CT molecular complexity index is 275. The molecule has 3 rings (SSSR count). The van der Waals surface area contributed by atoms with E-state index in [1.807, 2.05) is 20.8 Å². The Morgan fingerprint density at radius 2 is 1.76 bits per heavy atom. The zero-order chi connectivity index (χ0) is 12.5. The molecule has 3 fully saturated rings. The molecule has 98 valence electrons. The molecule has 0 atom stereocenters. The lowest BCUT2D eigenvalue weighted by molar-refractivity contribution is 0.0176. The van der Waals surface area contributed by atoms with E-state index in [1.165, 1.54) is 38.9 Å². The van der Waals surface area contributed by atoms with Crippen LogP contribution < -0.4 is 5.32 Å². The lowest BCUT2D eigenvalue weighted by atomic mass is 9.72. The molecule has 0 aromatic carbocycles. The highest BCUT2D eigenvalue weighted by molar-refractivity contribution is 5.67. The van der Waals surface area contributed by atoms with Crippen molar-refractivity contribution in [1.29, 1.82) is 0 Å². The van der Waals surface area contributed by atoms with Gasteiger partial charge in [0.25, 0.3) is 0 Å². The molecule has 0 spiro atoms. The summed E-state index contributed by atoms with van der Waals surface area (Å²) in [7, 11) is 0. The standard InChI is InChI=1S/C13H24N2O2/c1-12(2,3)17-11(16)14-10-13-4-7-15(8-5-13)9-6-13/h4-10H2,1-3H3,(H,14,16). The average molecular weight is 240 g/mol. The minimum absolute atomic E-state index is 0.278. The number of fused-ring (bicyclic) bond motifs is 3. The SMILES string of the molecule is CC(C)(C)OC(=O)NCC12CCN(CC1)CC2. The topological polar surface area (TPSA) is 41.6 Å². The minimum Gasteiger partial charge on any atom is -0.444 e. The van der Waals surface area contributed by atoms with Gasteiger partial charge in [0, 0.05) is 6.54 Å². The molecule has 1 amide bonds. The normalized spacial score (nSPS) is 32.3. The smallest absolute Gasteiger partial charge is 0.407 e. The van der Waals surface area contributed by atoms with Gasteiger partial charge in [0.1, 0.15) is 5.60 Å². The van der Waals surface area contributed by atoms with E-state index < -0.39 is 5.60 Å². The fraction of sp³-hybridized carbons (Fsp3) is 0.923. The second-order valence-corrected chi connectivity index (χ2v) is 6.45. The van der Waals surface area contributed by atoms with E-state index in [0.29, 0.717) is 5.41 Å². The lowest BCUT2D eigenvalue weighted by Gasteiger charge is -2.48. The van der Waals surface area contributed by atoms with Gasteiger partial charge < -0.3 is 15.0 Å². The van der Waals surface area contributed by atoms with E-state index in [0.717, 1.165) is 6.54 Å². The summed E-state index contributed by atoms with van der Waals surface area (Å²) in [6, 6.07) is 0. The molecule has 1 N–H and O–H groups in total. The fourth-order valence-electron chi connectivity index (χ4n) is 2.74. The van der Waals surface area contributed by atoms with Crippen LogP contribution in [0.1, 0.15) is 40.0 Å². The third-order valence-corrected chi connectivity index (χ3v) is 3.88. The molecular formula is C13H24N2O2. The number of nitrogens with zero attached hydrogens (tertiary/aromatic N) is 1. The Labute approximate surface area is 104 Å². The quantitative estimate of drug-likeness (QED) is 0.802. The number of piperidine rings is 3. The van der Waals surface area contributed by atoms with Crippen molar-refractivity contribution in [3.8, 4) is 0 Å². The predicted octanol–water partition coefficient (Wildman–Crippen LogP) is 2.00. The number of rotatable bonds is 2. The van der Waals surface area contributed by atoms with Gasteiger partial charge in [-0.15, -0.1) is 0 Å². The van der Waals surface area contributed by atoms with Gasteiger partial charge in [-0.3, -0.25) is 0 Å². The van der Waals surface area contributed by atoms with Gasteiger partial charge in [-0.1, -0.05) is 0 Å². The zero-order valence-corrected chi connectivity index (χ0v) is 11.2. The number of alkyl carbamates (subject to hydrolysis) is 1. The van der Waals surface area contributed by atoms with E-state index in [4.69, 9.17) is 4.74 Å². The van der Waals surface area contributed by atoms with Crippen molar-refractivity contribution in [1.82, 2.24) is 10.2 Å². The highest BCUT2D eigenvalue weighted by Gasteiger charge is 2.39. The van der Waals surface area contributed by atoms with Gasteiger partial charge in [-0.2, -0.15) is 0 Å². The van der Waals surface area contributed by atoms with Crippen LogP contribution in [0, 0.1) is 5.41 Å². The maximum Gasteiger partial charge on any atom is 0.407 e. The molecule has 0 saturated carbocycles. The van der Waals surface area contributed by atoms with Crippen LogP contribution in [0.25, 0.3) is 0 Å². The van der Waals surface area contributed by atoms with Crippen LogP contribution in [-0.4, -0.2) is 42.8 Å². The first-order valence-electron chi connectivity index (χ1n) is 6.58. The predicted molar refractivity (Wildman–Crippen MR) is 67.0 cm³/mol. The zero-order valence-electron chi connectivity index (χ0n) is 11.2. The molecular weight excluding hydrogens is 216 g/mol. The highest BCUT2D eigenvalue weighted by Crippen LogP contribution is 2.39. The summed E-state index contributed by atoms with van der Waals surface area (Å²) < 4.78 is 5.27. The number of hydrogen-bond acceptors (Lipinski definition) is 3. The van der Waals surface area contributed by atoms with Crippen molar-refractivity contribution in [2.45, 2.75) is 45.6 Å². The van der Waals surface area contributed by atoms with Crippen LogP contribution in [0.15, 0.2) is 0 Å². The summed E-state index contributed by atoms with van der Waals surface area (Å²) >= 11 is 0. The van der Waals surface area contributed by atoms with Crippen molar-refractivity contribution in [2.75, 3.05) is 26.2 Å². The van der Waals surface area contributed by atoms with Crippen LogP contribution in [-0.2, 0) is 4.74 Å². The molecule has 2 bridgehead atoms. The van der Waals surface area contributed by atoms with Gasteiger partial charge in [0.15, 0.2) is 0 Å². The van der Waals surface area contributed by atoms with E-state index in [2.05, 4.69) is 10.2 Å². The Balaban J connectivity index is 1.79. The summed E-state index contributed by atoms with van der Waals surface area (Å²) in [6.07, 6.45) is 3.36. The Morgan fingerprint density at radius 3 is 2.24 bits per heavy atom. The molecule has 17 heavy (non-hydrogen) atoms. The molecule has 3 aliphatic heterocycles. The molecule has 0 aromatic heterocycles. The monoisotopic (exact) mass is 240 g/mol. The lowest BCUT2D eigenvalue weighted by Crippen LogP contribution is -2.53. The average Bonchev–Trinajstić information content (AvgIpc) is 2.27. The van der Waals surface area contributed by atoms with Crippen LogP contribution in [0.3, 0.4) is 0 Å². The Hall–Kier alpha value is -0.770. The largest absolute Gasteiger partial charge is 0.444 e. The molecule has 3 heterocycles. The minimum atomic E-state index is -0.405. The molecule has 4 heteroatoms. The number of hydrogen-bond donors (Lipinski definition) is 1. The van der Waals surface area contributed by atoms with Crippen LogP contribution >= 0.6 is 0 Å². The third-order valence-electron chi connectivity index (χ3n) is 3.88. The van der Waals surface area contributed by atoms with E-state index in [9.17, 15) is 4.79 Å². The van der Waals surface area contributed by atoms with Gasteiger partial charge in [-0.05, 0) is 65.1 Å². The molecule has 0 aromatic rings.